The monoisotopic (exact) mass is 663 g/mol. The molecule has 2 aromatic heterocycles. The van der Waals surface area contributed by atoms with Crippen molar-refractivity contribution in [2.45, 2.75) is 56.8 Å². The van der Waals surface area contributed by atoms with Crippen LogP contribution in [0.15, 0.2) is 48.7 Å². The predicted molar refractivity (Wildman–Crippen MR) is 170 cm³/mol. The van der Waals surface area contributed by atoms with Crippen molar-refractivity contribution in [3.8, 4) is 11.5 Å². The molecule has 0 aliphatic carbocycles. The largest absolute Gasteiger partial charge is 0.465 e. The second kappa shape index (κ2) is 11.9. The topological polar surface area (TPSA) is 100 Å². The average Bonchev–Trinajstić information content (AvgIpc) is 3.88. The van der Waals surface area contributed by atoms with Gasteiger partial charge in [-0.1, -0.05) is 17.7 Å². The van der Waals surface area contributed by atoms with Crippen LogP contribution in [-0.2, 0) is 33.1 Å². The summed E-state index contributed by atoms with van der Waals surface area (Å²) in [7, 11) is 1.29. The van der Waals surface area contributed by atoms with Crippen LogP contribution in [0.4, 0.5) is 10.1 Å². The second-order valence-corrected chi connectivity index (χ2v) is 13.0. The molecule has 0 saturated carbocycles. The Bertz CT molecular complexity index is 1830. The third-order valence-electron chi connectivity index (χ3n) is 9.64. The van der Waals surface area contributed by atoms with Gasteiger partial charge in [-0.2, -0.15) is 0 Å². The van der Waals surface area contributed by atoms with E-state index in [2.05, 4.69) is 20.9 Å². The molecule has 3 fully saturated rings. The Morgan fingerprint density at radius 1 is 1.15 bits per heavy atom. The molecule has 4 aliphatic heterocycles. The van der Waals surface area contributed by atoms with Crippen LogP contribution in [0.25, 0.3) is 11.0 Å². The van der Waals surface area contributed by atoms with Crippen LogP contribution in [0.5, 0.6) is 11.5 Å². The summed E-state index contributed by atoms with van der Waals surface area (Å²) in [5.74, 6) is -0.202. The van der Waals surface area contributed by atoms with Gasteiger partial charge in [-0.15, -0.1) is 0 Å². The Labute approximate surface area is 276 Å². The van der Waals surface area contributed by atoms with E-state index in [1.807, 2.05) is 29.7 Å². The number of aromatic nitrogens is 3. The fraction of sp³-hybridized carbons (Fsp3) is 0.441. The lowest BCUT2D eigenvalue weighted by molar-refractivity contribution is -0.0716. The van der Waals surface area contributed by atoms with Crippen LogP contribution < -0.4 is 14.4 Å². The third-order valence-corrected chi connectivity index (χ3v) is 9.87. The van der Waals surface area contributed by atoms with Crippen molar-refractivity contribution in [3.05, 3.63) is 76.6 Å². The molecule has 4 aromatic rings. The number of carbonyl (C=O) groups excluding carboxylic acids is 1. The van der Waals surface area contributed by atoms with E-state index < -0.39 is 17.6 Å². The zero-order valence-corrected chi connectivity index (χ0v) is 26.9. The third kappa shape index (κ3) is 5.37. The molecule has 13 heteroatoms. The maximum absolute atomic E-state index is 15.4. The van der Waals surface area contributed by atoms with Crippen LogP contribution in [0, 0.1) is 5.82 Å². The number of esters is 1. The summed E-state index contributed by atoms with van der Waals surface area (Å²) in [4.78, 5) is 26.3. The van der Waals surface area contributed by atoms with Crippen molar-refractivity contribution < 1.29 is 32.9 Å². The highest BCUT2D eigenvalue weighted by atomic mass is 35.5. The Kier molecular flexibility index (Phi) is 7.71. The van der Waals surface area contributed by atoms with Crippen LogP contribution in [-0.4, -0.2) is 83.6 Å². The van der Waals surface area contributed by atoms with Gasteiger partial charge in [0.25, 0.3) is 5.79 Å². The number of piperazine rings is 1. The first-order chi connectivity index (χ1) is 22.8. The van der Waals surface area contributed by atoms with Crippen LogP contribution in [0.1, 0.15) is 41.6 Å². The molecule has 11 nitrogen and oxygen atoms in total. The summed E-state index contributed by atoms with van der Waals surface area (Å²) in [5.41, 5.74) is 2.50. The van der Waals surface area contributed by atoms with Gasteiger partial charge in [0.1, 0.15) is 17.0 Å². The summed E-state index contributed by atoms with van der Waals surface area (Å²) in [6.07, 6.45) is 3.46. The number of pyridine rings is 1. The molecule has 2 aromatic carbocycles. The normalized spacial score (nSPS) is 25.4. The molecule has 0 amide bonds. The number of halogens is 2. The van der Waals surface area contributed by atoms with Crippen molar-refractivity contribution >= 4 is 34.3 Å². The van der Waals surface area contributed by atoms with E-state index in [4.69, 9.17) is 40.3 Å². The van der Waals surface area contributed by atoms with Gasteiger partial charge in [-0.25, -0.2) is 14.2 Å². The number of hydrogen-bond acceptors (Lipinski definition) is 10. The number of carbonyl (C=O) groups is 1. The fourth-order valence-corrected chi connectivity index (χ4v) is 7.40. The average molecular weight is 664 g/mol. The van der Waals surface area contributed by atoms with Crippen molar-refractivity contribution in [2.75, 3.05) is 44.9 Å². The molecule has 0 radical (unpaired) electrons. The summed E-state index contributed by atoms with van der Waals surface area (Å²) >= 11 is 6.08. The van der Waals surface area contributed by atoms with Gasteiger partial charge in [0.2, 0.25) is 0 Å². The van der Waals surface area contributed by atoms with Gasteiger partial charge < -0.3 is 33.2 Å². The maximum Gasteiger partial charge on any atom is 0.338 e. The van der Waals surface area contributed by atoms with E-state index in [9.17, 15) is 4.79 Å². The summed E-state index contributed by atoms with van der Waals surface area (Å²) in [6.45, 7) is 6.07. The van der Waals surface area contributed by atoms with Crippen molar-refractivity contribution in [1.29, 1.82) is 0 Å². The van der Waals surface area contributed by atoms with Crippen LogP contribution in [0.3, 0.4) is 0 Å². The van der Waals surface area contributed by atoms with E-state index in [-0.39, 0.29) is 29.3 Å². The Morgan fingerprint density at radius 3 is 2.81 bits per heavy atom. The van der Waals surface area contributed by atoms with Crippen molar-refractivity contribution in [1.82, 2.24) is 19.4 Å². The van der Waals surface area contributed by atoms with Crippen LogP contribution >= 0.6 is 11.6 Å². The SMILES string of the molecule is COC(=O)c1cc(F)c2nc(CN3CCN(c4cccc5c4O[C@](C)(c4ccc(Cl)cn4)O5)[C@H]4COC[C@H]43)n(C[C@@H]3CCCO3)c2c1. The second-order valence-electron chi connectivity index (χ2n) is 12.5. The minimum absolute atomic E-state index is 0.00782. The number of anilines is 1. The van der Waals surface area contributed by atoms with Gasteiger partial charge in [-0.3, -0.25) is 9.88 Å². The van der Waals surface area contributed by atoms with Gasteiger partial charge in [-0.05, 0) is 49.2 Å². The summed E-state index contributed by atoms with van der Waals surface area (Å²) in [6, 6.07) is 12.5. The molecule has 0 spiro atoms. The number of ether oxygens (including phenoxy) is 5. The molecule has 0 N–H and O–H groups in total. The zero-order chi connectivity index (χ0) is 32.3. The first-order valence-corrected chi connectivity index (χ1v) is 16.3. The highest BCUT2D eigenvalue weighted by Crippen LogP contribution is 2.50. The minimum Gasteiger partial charge on any atom is -0.465 e. The number of nitrogens with zero attached hydrogens (tertiary/aromatic N) is 5. The summed E-state index contributed by atoms with van der Waals surface area (Å²) < 4.78 is 47.2. The molecule has 8 rings (SSSR count). The number of para-hydroxylation sites is 1. The molecule has 3 saturated heterocycles. The number of fused-ring (bicyclic) bond motifs is 3. The fourth-order valence-electron chi connectivity index (χ4n) is 7.29. The highest BCUT2D eigenvalue weighted by molar-refractivity contribution is 6.30. The molecule has 0 bridgehead atoms. The number of hydrogen-bond donors (Lipinski definition) is 0. The Morgan fingerprint density at radius 2 is 2.02 bits per heavy atom. The van der Waals surface area contributed by atoms with E-state index in [1.54, 1.807) is 18.3 Å². The quantitative estimate of drug-likeness (QED) is 0.253. The molecule has 47 heavy (non-hydrogen) atoms. The van der Waals surface area contributed by atoms with Gasteiger partial charge >= 0.3 is 5.97 Å². The number of rotatable bonds is 7. The molecule has 4 atom stereocenters. The molecule has 0 unspecified atom stereocenters. The summed E-state index contributed by atoms with van der Waals surface area (Å²) in [5, 5.41) is 0.539. The lowest BCUT2D eigenvalue weighted by atomic mass is 10.0. The van der Waals surface area contributed by atoms with E-state index in [1.165, 1.54) is 13.2 Å². The van der Waals surface area contributed by atoms with Crippen molar-refractivity contribution in [2.24, 2.45) is 0 Å². The van der Waals surface area contributed by atoms with E-state index in [0.29, 0.717) is 73.7 Å². The lowest BCUT2D eigenvalue weighted by Crippen LogP contribution is -2.59. The van der Waals surface area contributed by atoms with Gasteiger partial charge in [0, 0.05) is 32.8 Å². The predicted octanol–water partition coefficient (Wildman–Crippen LogP) is 4.92. The maximum atomic E-state index is 15.4. The first-order valence-electron chi connectivity index (χ1n) is 15.9. The molecular formula is C34H35ClFN5O6. The van der Waals surface area contributed by atoms with Gasteiger partial charge in [0.05, 0.1) is 73.4 Å². The standard InChI is InChI=1S/C34H35ClFN5O6/c1-34(29-9-8-21(35)15-37-29)46-28-7-3-6-24(32(28)47-34)40-11-10-39(26-18-44-19-27(26)40)17-30-38-31-23(36)13-20(33(42)43-2)14-25(31)41(30)16-22-5-4-12-45-22/h3,6-9,13-15,22,26-27H,4-5,10-12,16-19H2,1-2H3/t22-,26+,27-,34+/m0/s1. The lowest BCUT2D eigenvalue weighted by Gasteiger charge is -2.44. The number of benzene rings is 2. The first kappa shape index (κ1) is 30.4. The smallest absolute Gasteiger partial charge is 0.338 e. The highest BCUT2D eigenvalue weighted by Gasteiger charge is 2.46. The van der Waals surface area contributed by atoms with Crippen LogP contribution in [0.2, 0.25) is 5.02 Å². The molecule has 4 aliphatic rings. The molecule has 6 heterocycles. The number of methoxy groups -OCH3 is 1. The van der Waals surface area contributed by atoms with E-state index >= 15 is 4.39 Å². The molecule has 246 valence electrons. The number of imidazole rings is 1. The van der Waals surface area contributed by atoms with Crippen molar-refractivity contribution in [3.63, 3.8) is 0 Å². The van der Waals surface area contributed by atoms with E-state index in [0.717, 1.165) is 24.4 Å². The molecular weight excluding hydrogens is 629 g/mol. The van der Waals surface area contributed by atoms with Gasteiger partial charge in [0.15, 0.2) is 17.3 Å². The Balaban J connectivity index is 1.08. The Hall–Kier alpha value is -3.97. The zero-order valence-electron chi connectivity index (χ0n) is 26.2. The minimum atomic E-state index is -1.10.